The van der Waals surface area contributed by atoms with Gasteiger partial charge in [-0.25, -0.2) is 0 Å². The normalized spacial score (nSPS) is 22.5. The monoisotopic (exact) mass is 301 g/mol. The second-order valence-corrected chi connectivity index (χ2v) is 5.74. The van der Waals surface area contributed by atoms with Crippen LogP contribution in [0.5, 0.6) is 0 Å². The van der Waals surface area contributed by atoms with Gasteiger partial charge in [0, 0.05) is 44.8 Å². The van der Waals surface area contributed by atoms with Crippen molar-refractivity contribution in [1.29, 1.82) is 5.26 Å². The van der Waals surface area contributed by atoms with Crippen molar-refractivity contribution in [2.24, 2.45) is 0 Å². The fourth-order valence-electron chi connectivity index (χ4n) is 3.29. The van der Waals surface area contributed by atoms with Gasteiger partial charge in [0.2, 0.25) is 0 Å². The maximum Gasteiger partial charge on any atom is 0.293 e. The molecule has 0 amide bonds. The highest BCUT2D eigenvalue weighted by Gasteiger charge is 2.28. The van der Waals surface area contributed by atoms with E-state index in [9.17, 15) is 10.1 Å². The van der Waals surface area contributed by atoms with Crippen LogP contribution in [0.3, 0.4) is 0 Å². The maximum atomic E-state index is 11.3. The van der Waals surface area contributed by atoms with Gasteiger partial charge in [-0.2, -0.15) is 5.26 Å². The van der Waals surface area contributed by atoms with Crippen LogP contribution in [0.15, 0.2) is 18.2 Å². The molecular weight excluding hydrogens is 282 g/mol. The Kier molecular flexibility index (Phi) is 4.22. The van der Waals surface area contributed by atoms with Crippen molar-refractivity contribution in [2.45, 2.75) is 12.5 Å². The standard InChI is InChI=1S/C15H19N5O2/c16-10-12-1-2-14(15(9-12)20(21)22)19-7-5-18(6-8-19)13-3-4-17-11-13/h1-2,9,13,17H,3-8,11H2. The smallest absolute Gasteiger partial charge is 0.293 e. The van der Waals surface area contributed by atoms with Gasteiger partial charge in [-0.15, -0.1) is 0 Å². The van der Waals surface area contributed by atoms with Gasteiger partial charge in [0.25, 0.3) is 5.69 Å². The average Bonchev–Trinajstić information content (AvgIpc) is 3.09. The molecule has 2 aliphatic rings. The van der Waals surface area contributed by atoms with Gasteiger partial charge in [-0.05, 0) is 25.1 Å². The summed E-state index contributed by atoms with van der Waals surface area (Å²) < 4.78 is 0. The zero-order valence-corrected chi connectivity index (χ0v) is 12.4. The number of nitriles is 1. The van der Waals surface area contributed by atoms with Crippen LogP contribution in [0, 0.1) is 21.4 Å². The summed E-state index contributed by atoms with van der Waals surface area (Å²) in [6, 6.07) is 7.26. The molecule has 1 N–H and O–H groups in total. The molecule has 0 radical (unpaired) electrons. The van der Waals surface area contributed by atoms with Gasteiger partial charge >= 0.3 is 0 Å². The Bertz CT molecular complexity index is 598. The topological polar surface area (TPSA) is 85.4 Å². The lowest BCUT2D eigenvalue weighted by molar-refractivity contribution is -0.384. The summed E-state index contributed by atoms with van der Waals surface area (Å²) >= 11 is 0. The third kappa shape index (κ3) is 2.89. The largest absolute Gasteiger partial charge is 0.363 e. The predicted octanol–water partition coefficient (Wildman–Crippen LogP) is 0.950. The number of benzene rings is 1. The summed E-state index contributed by atoms with van der Waals surface area (Å²) in [7, 11) is 0. The molecule has 3 rings (SSSR count). The molecule has 2 heterocycles. The molecule has 2 saturated heterocycles. The van der Waals surface area contributed by atoms with Crippen LogP contribution in [0.4, 0.5) is 11.4 Å². The van der Waals surface area contributed by atoms with E-state index in [-0.39, 0.29) is 5.69 Å². The Morgan fingerprint density at radius 1 is 1.32 bits per heavy atom. The van der Waals surface area contributed by atoms with E-state index in [0.29, 0.717) is 17.3 Å². The number of nitrogens with zero attached hydrogens (tertiary/aromatic N) is 4. The minimum Gasteiger partial charge on any atom is -0.363 e. The van der Waals surface area contributed by atoms with Crippen LogP contribution in [-0.4, -0.2) is 55.1 Å². The number of nitro groups is 1. The lowest BCUT2D eigenvalue weighted by atomic mass is 10.1. The molecule has 7 heteroatoms. The van der Waals surface area contributed by atoms with Crippen molar-refractivity contribution in [3.05, 3.63) is 33.9 Å². The number of piperazine rings is 1. The summed E-state index contributed by atoms with van der Waals surface area (Å²) in [5.74, 6) is 0. The SMILES string of the molecule is N#Cc1ccc(N2CCN(C3CCNC3)CC2)c([N+](=O)[O-])c1. The molecule has 1 unspecified atom stereocenters. The Morgan fingerprint density at radius 3 is 2.68 bits per heavy atom. The second-order valence-electron chi connectivity index (χ2n) is 5.74. The van der Waals surface area contributed by atoms with Crippen LogP contribution < -0.4 is 10.2 Å². The molecule has 0 aliphatic carbocycles. The summed E-state index contributed by atoms with van der Waals surface area (Å²) in [5, 5.41) is 23.5. The number of hydrogen-bond donors (Lipinski definition) is 1. The van der Waals surface area contributed by atoms with E-state index in [2.05, 4.69) is 15.1 Å². The molecule has 2 fully saturated rings. The van der Waals surface area contributed by atoms with Gasteiger partial charge in [-0.1, -0.05) is 0 Å². The zero-order valence-electron chi connectivity index (χ0n) is 12.4. The second kappa shape index (κ2) is 6.30. The number of nitro benzene ring substituents is 1. The Labute approximate surface area is 129 Å². The predicted molar refractivity (Wildman–Crippen MR) is 82.9 cm³/mol. The molecule has 0 aromatic heterocycles. The van der Waals surface area contributed by atoms with Crippen LogP contribution in [0.25, 0.3) is 0 Å². The first kappa shape index (κ1) is 14.8. The number of rotatable bonds is 3. The van der Waals surface area contributed by atoms with Crippen LogP contribution >= 0.6 is 0 Å². The Balaban J connectivity index is 1.73. The van der Waals surface area contributed by atoms with E-state index in [0.717, 1.165) is 39.3 Å². The molecular formula is C15H19N5O2. The van der Waals surface area contributed by atoms with Crippen molar-refractivity contribution in [3.63, 3.8) is 0 Å². The Hall–Kier alpha value is -2.17. The van der Waals surface area contributed by atoms with E-state index in [1.165, 1.54) is 12.5 Å². The zero-order chi connectivity index (χ0) is 15.5. The van der Waals surface area contributed by atoms with E-state index < -0.39 is 4.92 Å². The molecule has 22 heavy (non-hydrogen) atoms. The molecule has 0 saturated carbocycles. The summed E-state index contributed by atoms with van der Waals surface area (Å²) in [5.41, 5.74) is 0.967. The summed E-state index contributed by atoms with van der Waals surface area (Å²) in [4.78, 5) is 15.4. The Morgan fingerprint density at radius 2 is 2.09 bits per heavy atom. The minimum atomic E-state index is -0.399. The lowest BCUT2D eigenvalue weighted by Gasteiger charge is -2.38. The highest BCUT2D eigenvalue weighted by atomic mass is 16.6. The summed E-state index contributed by atoms with van der Waals surface area (Å²) in [6.07, 6.45) is 1.18. The third-order valence-corrected chi connectivity index (χ3v) is 4.51. The molecule has 0 bridgehead atoms. The van der Waals surface area contributed by atoms with E-state index >= 15 is 0 Å². The van der Waals surface area contributed by atoms with Gasteiger partial charge < -0.3 is 10.2 Å². The molecule has 1 aromatic carbocycles. The highest BCUT2D eigenvalue weighted by molar-refractivity contribution is 5.65. The van der Waals surface area contributed by atoms with Crippen molar-refractivity contribution >= 4 is 11.4 Å². The molecule has 0 spiro atoms. The van der Waals surface area contributed by atoms with Crippen LogP contribution in [-0.2, 0) is 0 Å². The fraction of sp³-hybridized carbons (Fsp3) is 0.533. The van der Waals surface area contributed by atoms with Gasteiger partial charge in [0.15, 0.2) is 0 Å². The van der Waals surface area contributed by atoms with Gasteiger partial charge in [0.1, 0.15) is 5.69 Å². The van der Waals surface area contributed by atoms with Crippen molar-refractivity contribution in [3.8, 4) is 6.07 Å². The highest BCUT2D eigenvalue weighted by Crippen LogP contribution is 2.30. The maximum absolute atomic E-state index is 11.3. The quantitative estimate of drug-likeness (QED) is 0.661. The third-order valence-electron chi connectivity index (χ3n) is 4.51. The fourth-order valence-corrected chi connectivity index (χ4v) is 3.29. The molecule has 2 aliphatic heterocycles. The minimum absolute atomic E-state index is 0.0232. The van der Waals surface area contributed by atoms with Crippen LogP contribution in [0.2, 0.25) is 0 Å². The van der Waals surface area contributed by atoms with Gasteiger partial charge in [0.05, 0.1) is 16.6 Å². The lowest BCUT2D eigenvalue weighted by Crippen LogP contribution is -2.51. The van der Waals surface area contributed by atoms with Crippen molar-refractivity contribution < 1.29 is 4.92 Å². The van der Waals surface area contributed by atoms with Crippen molar-refractivity contribution in [1.82, 2.24) is 10.2 Å². The first-order valence-electron chi connectivity index (χ1n) is 7.57. The number of hydrogen-bond acceptors (Lipinski definition) is 6. The number of anilines is 1. The molecule has 7 nitrogen and oxygen atoms in total. The van der Waals surface area contributed by atoms with E-state index in [1.54, 1.807) is 12.1 Å². The molecule has 1 atom stereocenters. The first-order chi connectivity index (χ1) is 10.7. The van der Waals surface area contributed by atoms with Crippen molar-refractivity contribution in [2.75, 3.05) is 44.2 Å². The molecule has 1 aromatic rings. The van der Waals surface area contributed by atoms with E-state index in [1.807, 2.05) is 6.07 Å². The first-order valence-corrected chi connectivity index (χ1v) is 7.57. The van der Waals surface area contributed by atoms with Crippen LogP contribution in [0.1, 0.15) is 12.0 Å². The number of nitrogens with one attached hydrogen (secondary N) is 1. The molecule has 116 valence electrons. The summed E-state index contributed by atoms with van der Waals surface area (Å²) in [6.45, 7) is 5.52. The van der Waals surface area contributed by atoms with E-state index in [4.69, 9.17) is 5.26 Å². The van der Waals surface area contributed by atoms with Gasteiger partial charge in [-0.3, -0.25) is 15.0 Å². The average molecular weight is 301 g/mol.